The van der Waals surface area contributed by atoms with Crippen molar-refractivity contribution >= 4 is 23.5 Å². The van der Waals surface area contributed by atoms with Gasteiger partial charge in [-0.15, -0.1) is 0 Å². The molecule has 9 heteroatoms. The summed E-state index contributed by atoms with van der Waals surface area (Å²) in [4.78, 5) is 28.6. The van der Waals surface area contributed by atoms with Crippen molar-refractivity contribution < 1.29 is 9.53 Å². The number of nitrogens with one attached hydrogen (secondary N) is 1. The Hall–Kier alpha value is -3.36. The third-order valence-corrected chi connectivity index (χ3v) is 4.44. The van der Waals surface area contributed by atoms with Crippen LogP contribution in [0.2, 0.25) is 0 Å². The average molecular weight is 383 g/mol. The molecule has 1 saturated heterocycles. The SMILES string of the molecule is COc1ccc(CN=C(N)N2CCN(c3ncccn3)CC2)cc1NC(C)=O. The van der Waals surface area contributed by atoms with Crippen LogP contribution in [0.4, 0.5) is 11.6 Å². The standard InChI is InChI=1S/C19H25N7O2/c1-14(27)24-16-12-15(4-5-17(16)28-2)13-23-18(20)25-8-10-26(11-9-25)19-21-6-3-7-22-19/h3-7,12H,8-11,13H2,1-2H3,(H2,20,23)(H,24,27). The molecule has 1 fully saturated rings. The van der Waals surface area contributed by atoms with Gasteiger partial charge in [0.05, 0.1) is 19.3 Å². The topological polar surface area (TPSA) is 109 Å². The molecule has 2 heterocycles. The zero-order valence-electron chi connectivity index (χ0n) is 16.1. The number of piperazine rings is 1. The van der Waals surface area contributed by atoms with Crippen molar-refractivity contribution in [1.82, 2.24) is 14.9 Å². The maximum Gasteiger partial charge on any atom is 0.225 e. The van der Waals surface area contributed by atoms with Crippen molar-refractivity contribution in [2.24, 2.45) is 10.7 Å². The smallest absolute Gasteiger partial charge is 0.225 e. The lowest BCUT2D eigenvalue weighted by molar-refractivity contribution is -0.114. The van der Waals surface area contributed by atoms with E-state index in [1.165, 1.54) is 6.92 Å². The van der Waals surface area contributed by atoms with E-state index in [1.807, 2.05) is 18.2 Å². The number of aromatic nitrogens is 2. The van der Waals surface area contributed by atoms with Gasteiger partial charge in [0.2, 0.25) is 11.9 Å². The highest BCUT2D eigenvalue weighted by molar-refractivity contribution is 5.90. The Labute approximate surface area is 164 Å². The van der Waals surface area contributed by atoms with Gasteiger partial charge in [-0.2, -0.15) is 0 Å². The van der Waals surface area contributed by atoms with Gasteiger partial charge in [-0.25, -0.2) is 15.0 Å². The molecule has 0 saturated carbocycles. The van der Waals surface area contributed by atoms with Gasteiger partial charge in [0, 0.05) is 45.5 Å². The molecule has 2 aromatic rings. The number of aliphatic imine (C=N–C) groups is 1. The lowest BCUT2D eigenvalue weighted by Gasteiger charge is -2.35. The Bertz CT molecular complexity index is 833. The van der Waals surface area contributed by atoms with Crippen LogP contribution >= 0.6 is 0 Å². The quantitative estimate of drug-likeness (QED) is 0.587. The van der Waals surface area contributed by atoms with Gasteiger partial charge in [0.15, 0.2) is 5.96 Å². The van der Waals surface area contributed by atoms with Crippen LogP contribution in [-0.2, 0) is 11.3 Å². The molecule has 148 valence electrons. The fourth-order valence-corrected chi connectivity index (χ4v) is 3.00. The van der Waals surface area contributed by atoms with E-state index in [1.54, 1.807) is 25.6 Å². The first-order valence-electron chi connectivity index (χ1n) is 9.08. The summed E-state index contributed by atoms with van der Waals surface area (Å²) >= 11 is 0. The lowest BCUT2D eigenvalue weighted by Crippen LogP contribution is -2.51. The number of guanidine groups is 1. The van der Waals surface area contributed by atoms with E-state index in [2.05, 4.69) is 30.1 Å². The van der Waals surface area contributed by atoms with Crippen molar-refractivity contribution in [3.8, 4) is 5.75 Å². The highest BCUT2D eigenvalue weighted by atomic mass is 16.5. The molecule has 28 heavy (non-hydrogen) atoms. The average Bonchev–Trinajstić information content (AvgIpc) is 2.72. The highest BCUT2D eigenvalue weighted by Crippen LogP contribution is 2.25. The third kappa shape index (κ3) is 4.87. The fourth-order valence-electron chi connectivity index (χ4n) is 3.00. The summed E-state index contributed by atoms with van der Waals surface area (Å²) in [5, 5.41) is 2.76. The Balaban J connectivity index is 1.59. The molecule has 1 aromatic heterocycles. The van der Waals surface area contributed by atoms with Crippen LogP contribution in [0.1, 0.15) is 12.5 Å². The number of rotatable bonds is 5. The molecule has 0 atom stereocenters. The van der Waals surface area contributed by atoms with E-state index in [9.17, 15) is 4.79 Å². The second-order valence-corrected chi connectivity index (χ2v) is 6.41. The normalized spacial score (nSPS) is 14.7. The van der Waals surface area contributed by atoms with Crippen LogP contribution in [0.25, 0.3) is 0 Å². The largest absolute Gasteiger partial charge is 0.495 e. The van der Waals surface area contributed by atoms with Crippen LogP contribution < -0.4 is 20.7 Å². The number of methoxy groups -OCH3 is 1. The molecule has 0 aliphatic carbocycles. The predicted octanol–water partition coefficient (Wildman–Crippen LogP) is 1.08. The van der Waals surface area contributed by atoms with Gasteiger partial charge in [-0.1, -0.05) is 6.07 Å². The van der Waals surface area contributed by atoms with Crippen molar-refractivity contribution in [2.45, 2.75) is 13.5 Å². The van der Waals surface area contributed by atoms with E-state index >= 15 is 0 Å². The summed E-state index contributed by atoms with van der Waals surface area (Å²) < 4.78 is 5.27. The Morgan fingerprint density at radius 2 is 1.96 bits per heavy atom. The molecule has 0 bridgehead atoms. The van der Waals surface area contributed by atoms with Crippen LogP contribution in [0.15, 0.2) is 41.7 Å². The molecule has 1 aliphatic heterocycles. The number of carbonyl (C=O) groups excluding carboxylic acids is 1. The summed E-state index contributed by atoms with van der Waals surface area (Å²) in [6.07, 6.45) is 3.49. The van der Waals surface area contributed by atoms with Gasteiger partial charge < -0.3 is 25.6 Å². The number of benzene rings is 1. The predicted molar refractivity (Wildman–Crippen MR) is 108 cm³/mol. The molecule has 1 aromatic carbocycles. The van der Waals surface area contributed by atoms with E-state index in [0.29, 0.717) is 23.9 Å². The molecule has 1 amide bonds. The minimum atomic E-state index is -0.154. The summed E-state index contributed by atoms with van der Waals surface area (Å²) in [5.74, 6) is 1.70. The van der Waals surface area contributed by atoms with Crippen LogP contribution in [0.5, 0.6) is 5.75 Å². The van der Waals surface area contributed by atoms with Gasteiger partial charge in [-0.3, -0.25) is 4.79 Å². The minimum absolute atomic E-state index is 0.154. The Morgan fingerprint density at radius 1 is 1.25 bits per heavy atom. The molecule has 0 spiro atoms. The van der Waals surface area contributed by atoms with Crippen LogP contribution in [0.3, 0.4) is 0 Å². The summed E-state index contributed by atoms with van der Waals surface area (Å²) in [6, 6.07) is 7.37. The summed E-state index contributed by atoms with van der Waals surface area (Å²) in [6.45, 7) is 4.97. The number of nitrogens with two attached hydrogens (primary N) is 1. The third-order valence-electron chi connectivity index (χ3n) is 4.44. The van der Waals surface area contributed by atoms with Crippen molar-refractivity contribution in [1.29, 1.82) is 0 Å². The maximum atomic E-state index is 11.4. The molecule has 3 rings (SSSR count). The van der Waals surface area contributed by atoms with Gasteiger partial charge >= 0.3 is 0 Å². The van der Waals surface area contributed by atoms with Gasteiger partial charge in [-0.05, 0) is 23.8 Å². The zero-order valence-corrected chi connectivity index (χ0v) is 16.1. The van der Waals surface area contributed by atoms with E-state index < -0.39 is 0 Å². The number of anilines is 2. The number of amides is 1. The van der Waals surface area contributed by atoms with E-state index in [0.717, 1.165) is 37.7 Å². The first-order chi connectivity index (χ1) is 13.6. The maximum absolute atomic E-state index is 11.4. The number of carbonyl (C=O) groups is 1. The molecule has 0 unspecified atom stereocenters. The Kier molecular flexibility index (Phi) is 6.25. The minimum Gasteiger partial charge on any atom is -0.495 e. The molecular formula is C19H25N7O2. The number of hydrogen-bond donors (Lipinski definition) is 2. The Morgan fingerprint density at radius 3 is 2.61 bits per heavy atom. The monoisotopic (exact) mass is 383 g/mol. The van der Waals surface area contributed by atoms with Crippen LogP contribution in [-0.4, -0.2) is 60.0 Å². The van der Waals surface area contributed by atoms with Crippen LogP contribution in [0, 0.1) is 0 Å². The lowest BCUT2D eigenvalue weighted by atomic mass is 10.2. The second kappa shape index (κ2) is 9.03. The van der Waals surface area contributed by atoms with E-state index in [-0.39, 0.29) is 5.91 Å². The summed E-state index contributed by atoms with van der Waals surface area (Å²) in [7, 11) is 1.57. The van der Waals surface area contributed by atoms with Crippen molar-refractivity contribution in [3.05, 3.63) is 42.2 Å². The number of nitrogens with zero attached hydrogens (tertiary/aromatic N) is 5. The van der Waals surface area contributed by atoms with Crippen molar-refractivity contribution in [2.75, 3.05) is 43.5 Å². The first kappa shape index (κ1) is 19.4. The molecule has 1 aliphatic rings. The van der Waals surface area contributed by atoms with Gasteiger partial charge in [0.1, 0.15) is 5.75 Å². The molecular weight excluding hydrogens is 358 g/mol. The molecule has 9 nitrogen and oxygen atoms in total. The van der Waals surface area contributed by atoms with Gasteiger partial charge in [0.25, 0.3) is 0 Å². The summed E-state index contributed by atoms with van der Waals surface area (Å²) in [5.41, 5.74) is 7.74. The fraction of sp³-hybridized carbons (Fsp3) is 0.368. The molecule has 3 N–H and O–H groups in total. The van der Waals surface area contributed by atoms with Crippen molar-refractivity contribution in [3.63, 3.8) is 0 Å². The highest BCUT2D eigenvalue weighted by Gasteiger charge is 2.19. The number of ether oxygens (including phenoxy) is 1. The number of hydrogen-bond acceptors (Lipinski definition) is 6. The zero-order chi connectivity index (χ0) is 19.9. The van der Waals surface area contributed by atoms with E-state index in [4.69, 9.17) is 10.5 Å². The first-order valence-corrected chi connectivity index (χ1v) is 9.08. The second-order valence-electron chi connectivity index (χ2n) is 6.41. The molecule has 0 radical (unpaired) electrons.